The predicted molar refractivity (Wildman–Crippen MR) is 129 cm³/mol. The van der Waals surface area contributed by atoms with Gasteiger partial charge in [0.2, 0.25) is 0 Å². The Hall–Kier alpha value is -3.86. The van der Waals surface area contributed by atoms with Crippen molar-refractivity contribution in [3.05, 3.63) is 106 Å². The molecule has 1 heterocycles. The molecule has 0 bridgehead atoms. The first kappa shape index (κ1) is 21.0. The highest BCUT2D eigenvalue weighted by molar-refractivity contribution is 6.01. The number of anilines is 2. The van der Waals surface area contributed by atoms with Crippen molar-refractivity contribution in [3.8, 4) is 0 Å². The lowest BCUT2D eigenvalue weighted by Gasteiger charge is -2.30. The van der Waals surface area contributed by atoms with E-state index in [1.807, 2.05) is 36.4 Å². The summed E-state index contributed by atoms with van der Waals surface area (Å²) in [6, 6.07) is 23.4. The van der Waals surface area contributed by atoms with Gasteiger partial charge < -0.3 is 15.4 Å². The quantitative estimate of drug-likeness (QED) is 0.509. The zero-order valence-electron chi connectivity index (χ0n) is 18.7. The van der Waals surface area contributed by atoms with Crippen LogP contribution in [0, 0.1) is 6.92 Å². The topological polar surface area (TPSA) is 67.4 Å². The third-order valence-corrected chi connectivity index (χ3v) is 6.52. The lowest BCUT2D eigenvalue weighted by Crippen LogP contribution is -2.26. The zero-order valence-corrected chi connectivity index (χ0v) is 18.7. The van der Waals surface area contributed by atoms with Crippen LogP contribution in [0.4, 0.5) is 11.4 Å². The Morgan fingerprint density at radius 2 is 1.55 bits per heavy atom. The van der Waals surface area contributed by atoms with E-state index in [4.69, 9.17) is 4.74 Å². The second-order valence-electron chi connectivity index (χ2n) is 8.69. The minimum atomic E-state index is -0.378. The SMILES string of the molecule is COC(=O)c1ccc([C@@H]2Nc3ccccc3NC3=C2C(=O)C[C@@H](c2ccc(C)cc2)C3)cc1. The maximum absolute atomic E-state index is 13.6. The minimum absolute atomic E-state index is 0.136. The number of benzene rings is 3. The number of hydrogen-bond donors (Lipinski definition) is 2. The highest BCUT2D eigenvalue weighted by Crippen LogP contribution is 2.44. The molecule has 0 radical (unpaired) electrons. The van der Waals surface area contributed by atoms with Crippen LogP contribution in [0.5, 0.6) is 0 Å². The number of aryl methyl sites for hydroxylation is 1. The molecule has 2 atom stereocenters. The number of esters is 1. The summed E-state index contributed by atoms with van der Waals surface area (Å²) < 4.78 is 4.82. The number of allylic oxidation sites excluding steroid dienone is 1. The second-order valence-corrected chi connectivity index (χ2v) is 8.69. The molecule has 0 amide bonds. The van der Waals surface area contributed by atoms with Crippen LogP contribution in [0.3, 0.4) is 0 Å². The molecule has 0 aromatic heterocycles. The first-order valence-corrected chi connectivity index (χ1v) is 11.2. The van der Waals surface area contributed by atoms with E-state index in [0.717, 1.165) is 34.6 Å². The fourth-order valence-electron chi connectivity index (χ4n) is 4.75. The highest BCUT2D eigenvalue weighted by atomic mass is 16.5. The molecule has 0 saturated heterocycles. The molecule has 2 N–H and O–H groups in total. The van der Waals surface area contributed by atoms with Crippen molar-refractivity contribution in [2.24, 2.45) is 0 Å². The molecule has 1 aliphatic carbocycles. The number of rotatable bonds is 3. The molecule has 5 nitrogen and oxygen atoms in total. The summed E-state index contributed by atoms with van der Waals surface area (Å²) in [4.78, 5) is 25.5. The van der Waals surface area contributed by atoms with Gasteiger partial charge in [0.1, 0.15) is 0 Å². The maximum Gasteiger partial charge on any atom is 0.337 e. The predicted octanol–water partition coefficient (Wildman–Crippen LogP) is 5.76. The van der Waals surface area contributed by atoms with Crippen molar-refractivity contribution >= 4 is 23.1 Å². The molecule has 0 fully saturated rings. The van der Waals surface area contributed by atoms with Gasteiger partial charge in [-0.3, -0.25) is 4.79 Å². The Bertz CT molecular complexity index is 1240. The number of Topliss-reactive ketones (excluding diaryl/α,β-unsaturated/α-hetero) is 1. The molecule has 0 unspecified atom stereocenters. The third-order valence-electron chi connectivity index (χ3n) is 6.52. The summed E-state index contributed by atoms with van der Waals surface area (Å²) in [6.07, 6.45) is 1.23. The standard InChI is InChI=1S/C28H26N2O3/c1-17-7-9-18(10-8-17)21-15-24-26(25(31)16-21)27(30-23-6-4-3-5-22(23)29-24)19-11-13-20(14-12-19)28(32)33-2/h3-14,21,27,29-30H,15-16H2,1-2H3/t21-,27-/m0/s1. The molecule has 5 heteroatoms. The van der Waals surface area contributed by atoms with Gasteiger partial charge in [-0.25, -0.2) is 4.79 Å². The van der Waals surface area contributed by atoms with Crippen molar-refractivity contribution in [2.45, 2.75) is 31.7 Å². The molecular formula is C28H26N2O3. The highest BCUT2D eigenvalue weighted by Gasteiger charge is 2.36. The average molecular weight is 439 g/mol. The largest absolute Gasteiger partial charge is 0.465 e. The summed E-state index contributed by atoms with van der Waals surface area (Å²) in [6.45, 7) is 2.07. The van der Waals surface area contributed by atoms with Crippen molar-refractivity contribution in [1.29, 1.82) is 0 Å². The van der Waals surface area contributed by atoms with Gasteiger partial charge in [-0.2, -0.15) is 0 Å². The molecule has 5 rings (SSSR count). The molecular weight excluding hydrogens is 412 g/mol. The van der Waals surface area contributed by atoms with Crippen molar-refractivity contribution in [3.63, 3.8) is 0 Å². The van der Waals surface area contributed by atoms with Crippen molar-refractivity contribution in [2.75, 3.05) is 17.7 Å². The van der Waals surface area contributed by atoms with Gasteiger partial charge in [-0.1, -0.05) is 54.1 Å². The molecule has 3 aromatic rings. The molecule has 1 aliphatic heterocycles. The van der Waals surface area contributed by atoms with Crippen molar-refractivity contribution < 1.29 is 14.3 Å². The van der Waals surface area contributed by atoms with Crippen LogP contribution >= 0.6 is 0 Å². The van der Waals surface area contributed by atoms with Crippen LogP contribution in [0.1, 0.15) is 51.8 Å². The summed E-state index contributed by atoms with van der Waals surface area (Å²) in [5, 5.41) is 7.14. The smallest absolute Gasteiger partial charge is 0.337 e. The van der Waals surface area contributed by atoms with Gasteiger partial charge >= 0.3 is 5.97 Å². The van der Waals surface area contributed by atoms with E-state index < -0.39 is 0 Å². The summed E-state index contributed by atoms with van der Waals surface area (Å²) >= 11 is 0. The number of ether oxygens (including phenoxy) is 1. The molecule has 166 valence electrons. The number of ketones is 1. The van der Waals surface area contributed by atoms with E-state index in [1.165, 1.54) is 18.2 Å². The molecule has 0 saturated carbocycles. The maximum atomic E-state index is 13.6. The number of para-hydroxylation sites is 2. The third kappa shape index (κ3) is 4.02. The van der Waals surface area contributed by atoms with E-state index in [2.05, 4.69) is 41.8 Å². The Balaban J connectivity index is 1.57. The molecule has 0 spiro atoms. The summed E-state index contributed by atoms with van der Waals surface area (Å²) in [7, 11) is 1.37. The summed E-state index contributed by atoms with van der Waals surface area (Å²) in [5.74, 6) is -0.106. The summed E-state index contributed by atoms with van der Waals surface area (Å²) in [5.41, 5.74) is 7.42. The minimum Gasteiger partial charge on any atom is -0.465 e. The molecule has 3 aromatic carbocycles. The van der Waals surface area contributed by atoms with Gasteiger partial charge in [0, 0.05) is 17.7 Å². The Morgan fingerprint density at radius 3 is 2.24 bits per heavy atom. The lowest BCUT2D eigenvalue weighted by molar-refractivity contribution is -0.116. The van der Waals surface area contributed by atoms with E-state index in [9.17, 15) is 9.59 Å². The first-order chi connectivity index (χ1) is 16.0. The number of carbonyl (C=O) groups excluding carboxylic acids is 2. The Morgan fingerprint density at radius 1 is 0.879 bits per heavy atom. The number of carbonyl (C=O) groups is 2. The Kier molecular flexibility index (Phi) is 5.47. The van der Waals surface area contributed by atoms with E-state index >= 15 is 0 Å². The van der Waals surface area contributed by atoms with E-state index in [-0.39, 0.29) is 23.7 Å². The van der Waals surface area contributed by atoms with Gasteiger partial charge in [0.15, 0.2) is 5.78 Å². The van der Waals surface area contributed by atoms with Crippen LogP contribution in [0.15, 0.2) is 84.1 Å². The number of hydrogen-bond acceptors (Lipinski definition) is 5. The fourth-order valence-corrected chi connectivity index (χ4v) is 4.75. The van der Waals surface area contributed by atoms with Crippen LogP contribution in [0.25, 0.3) is 0 Å². The Labute approximate surface area is 193 Å². The van der Waals surface area contributed by atoms with Gasteiger partial charge in [-0.15, -0.1) is 0 Å². The van der Waals surface area contributed by atoms with Crippen molar-refractivity contribution in [1.82, 2.24) is 0 Å². The van der Waals surface area contributed by atoms with Crippen LogP contribution in [-0.4, -0.2) is 18.9 Å². The first-order valence-electron chi connectivity index (χ1n) is 11.2. The number of fused-ring (bicyclic) bond motifs is 1. The monoisotopic (exact) mass is 438 g/mol. The molecule has 33 heavy (non-hydrogen) atoms. The van der Waals surface area contributed by atoms with E-state index in [0.29, 0.717) is 12.0 Å². The van der Waals surface area contributed by atoms with Crippen LogP contribution in [0.2, 0.25) is 0 Å². The number of methoxy groups -OCH3 is 1. The fraction of sp³-hybridized carbons (Fsp3) is 0.214. The second kappa shape index (κ2) is 8.58. The van der Waals surface area contributed by atoms with Gasteiger partial charge in [-0.05, 0) is 54.7 Å². The average Bonchev–Trinajstić information content (AvgIpc) is 3.01. The normalized spacial score (nSPS) is 19.5. The van der Waals surface area contributed by atoms with Gasteiger partial charge in [0.25, 0.3) is 0 Å². The lowest BCUT2D eigenvalue weighted by atomic mass is 9.78. The van der Waals surface area contributed by atoms with Crippen LogP contribution < -0.4 is 10.6 Å². The van der Waals surface area contributed by atoms with Gasteiger partial charge in [0.05, 0.1) is 30.1 Å². The van der Waals surface area contributed by atoms with Crippen LogP contribution in [-0.2, 0) is 9.53 Å². The molecule has 2 aliphatic rings. The zero-order chi connectivity index (χ0) is 22.9. The number of nitrogens with one attached hydrogen (secondary N) is 2. The van der Waals surface area contributed by atoms with E-state index in [1.54, 1.807) is 12.1 Å².